The van der Waals surface area contributed by atoms with Crippen LogP contribution in [0.3, 0.4) is 0 Å². The molecule has 0 atom stereocenters. The van der Waals surface area contributed by atoms with Crippen LogP contribution >= 0.6 is 11.6 Å². The number of carbonyl (C=O) groups is 2. The van der Waals surface area contributed by atoms with E-state index >= 15 is 0 Å². The molecule has 0 aromatic heterocycles. The fourth-order valence-corrected chi connectivity index (χ4v) is 2.54. The third-order valence-electron chi connectivity index (χ3n) is 3.84. The quantitative estimate of drug-likeness (QED) is 0.784. The van der Waals surface area contributed by atoms with Gasteiger partial charge in [-0.1, -0.05) is 29.8 Å². The van der Waals surface area contributed by atoms with Crippen LogP contribution in [0.4, 0.5) is 18.9 Å². The number of alkyl halides is 3. The molecule has 0 unspecified atom stereocenters. The number of carbonyl (C=O) groups excluding carboxylic acids is 2. The topological polar surface area (TPSA) is 49.4 Å². The summed E-state index contributed by atoms with van der Waals surface area (Å²) >= 11 is 5.82. The highest BCUT2D eigenvalue weighted by atomic mass is 35.5. The van der Waals surface area contributed by atoms with E-state index in [0.29, 0.717) is 18.0 Å². The number of hydrogen-bond acceptors (Lipinski definition) is 2. The van der Waals surface area contributed by atoms with E-state index < -0.39 is 17.6 Å². The van der Waals surface area contributed by atoms with E-state index in [0.717, 1.165) is 17.7 Å². The van der Waals surface area contributed by atoms with E-state index in [-0.39, 0.29) is 18.1 Å². The van der Waals surface area contributed by atoms with Crippen molar-refractivity contribution in [2.75, 3.05) is 18.4 Å². The van der Waals surface area contributed by atoms with Gasteiger partial charge < -0.3 is 10.2 Å². The lowest BCUT2D eigenvalue weighted by Crippen LogP contribution is -2.38. The standard InChI is InChI=1S/C19H18ClF3N2O2/c1-13(26)25(10-9-14-5-7-16(20)8-6-14)12-18(27)24-17-4-2-3-15(11-17)19(21,22)23/h2-8,11H,9-10,12H2,1H3,(H,24,27). The molecule has 1 N–H and O–H groups in total. The molecule has 0 aliphatic rings. The first kappa shape index (κ1) is 20.8. The molecule has 8 heteroatoms. The molecule has 0 fully saturated rings. The minimum absolute atomic E-state index is 0.0241. The van der Waals surface area contributed by atoms with E-state index in [1.165, 1.54) is 24.0 Å². The fourth-order valence-electron chi connectivity index (χ4n) is 2.41. The molecule has 0 radical (unpaired) electrons. The van der Waals surface area contributed by atoms with E-state index in [9.17, 15) is 22.8 Å². The number of benzene rings is 2. The summed E-state index contributed by atoms with van der Waals surface area (Å²) in [5.74, 6) is -0.871. The van der Waals surface area contributed by atoms with E-state index in [4.69, 9.17) is 11.6 Å². The van der Waals surface area contributed by atoms with Crippen LogP contribution in [0.5, 0.6) is 0 Å². The maximum absolute atomic E-state index is 12.7. The second-order valence-electron chi connectivity index (χ2n) is 5.94. The molecular weight excluding hydrogens is 381 g/mol. The Bertz CT molecular complexity index is 807. The first-order valence-electron chi connectivity index (χ1n) is 8.12. The average Bonchev–Trinajstić information content (AvgIpc) is 2.59. The Morgan fingerprint density at radius 3 is 2.37 bits per heavy atom. The predicted molar refractivity (Wildman–Crippen MR) is 97.5 cm³/mol. The summed E-state index contributed by atoms with van der Waals surface area (Å²) in [5, 5.41) is 2.99. The maximum Gasteiger partial charge on any atom is 0.416 e. The van der Waals surface area contributed by atoms with Crippen molar-refractivity contribution in [2.24, 2.45) is 0 Å². The first-order chi connectivity index (χ1) is 12.6. The monoisotopic (exact) mass is 398 g/mol. The second-order valence-corrected chi connectivity index (χ2v) is 6.38. The number of anilines is 1. The number of nitrogens with zero attached hydrogens (tertiary/aromatic N) is 1. The molecular formula is C19H18ClF3N2O2. The summed E-state index contributed by atoms with van der Waals surface area (Å²) in [5.41, 5.74) is 0.117. The van der Waals surface area contributed by atoms with Gasteiger partial charge in [-0.3, -0.25) is 9.59 Å². The summed E-state index contributed by atoms with van der Waals surface area (Å²) in [6, 6.07) is 11.4. The van der Waals surface area contributed by atoms with Gasteiger partial charge in [-0.25, -0.2) is 0 Å². The zero-order chi connectivity index (χ0) is 20.0. The highest BCUT2D eigenvalue weighted by Gasteiger charge is 2.30. The SMILES string of the molecule is CC(=O)N(CCc1ccc(Cl)cc1)CC(=O)Nc1cccc(C(F)(F)F)c1. The van der Waals surface area contributed by atoms with Crippen LogP contribution in [0.15, 0.2) is 48.5 Å². The van der Waals surface area contributed by atoms with Crippen LogP contribution in [0.1, 0.15) is 18.1 Å². The van der Waals surface area contributed by atoms with Crippen LogP contribution in [0.25, 0.3) is 0 Å². The van der Waals surface area contributed by atoms with Crippen LogP contribution in [-0.2, 0) is 22.2 Å². The van der Waals surface area contributed by atoms with Gasteiger partial charge in [0.05, 0.1) is 12.1 Å². The summed E-state index contributed by atoms with van der Waals surface area (Å²) in [7, 11) is 0. The number of hydrogen-bond donors (Lipinski definition) is 1. The number of nitrogens with one attached hydrogen (secondary N) is 1. The molecule has 0 bridgehead atoms. The number of amides is 2. The molecule has 2 aromatic rings. The molecule has 0 saturated heterocycles. The van der Waals surface area contributed by atoms with Gasteiger partial charge in [0.25, 0.3) is 0 Å². The normalized spacial score (nSPS) is 11.1. The van der Waals surface area contributed by atoms with Crippen LogP contribution in [-0.4, -0.2) is 29.8 Å². The third-order valence-corrected chi connectivity index (χ3v) is 4.09. The molecule has 0 aliphatic carbocycles. The van der Waals surface area contributed by atoms with Crippen molar-refractivity contribution < 1.29 is 22.8 Å². The van der Waals surface area contributed by atoms with Gasteiger partial charge in [-0.2, -0.15) is 13.2 Å². The van der Waals surface area contributed by atoms with Gasteiger partial charge >= 0.3 is 6.18 Å². The molecule has 0 aliphatic heterocycles. The molecule has 0 heterocycles. The van der Waals surface area contributed by atoms with Crippen molar-refractivity contribution in [1.82, 2.24) is 4.90 Å². The Hall–Kier alpha value is -2.54. The highest BCUT2D eigenvalue weighted by molar-refractivity contribution is 6.30. The summed E-state index contributed by atoms with van der Waals surface area (Å²) < 4.78 is 38.2. The lowest BCUT2D eigenvalue weighted by Gasteiger charge is -2.20. The van der Waals surface area contributed by atoms with Gasteiger partial charge in [-0.15, -0.1) is 0 Å². The van der Waals surface area contributed by atoms with E-state index in [1.54, 1.807) is 12.1 Å². The Morgan fingerprint density at radius 2 is 1.78 bits per heavy atom. The number of halogens is 4. The van der Waals surface area contributed by atoms with Crippen LogP contribution in [0.2, 0.25) is 5.02 Å². The summed E-state index contributed by atoms with van der Waals surface area (Å²) in [4.78, 5) is 25.2. The van der Waals surface area contributed by atoms with Crippen molar-refractivity contribution >= 4 is 29.1 Å². The minimum Gasteiger partial charge on any atom is -0.333 e. The molecule has 2 rings (SSSR count). The average molecular weight is 399 g/mol. The maximum atomic E-state index is 12.7. The van der Waals surface area contributed by atoms with Crippen LogP contribution < -0.4 is 5.32 Å². The summed E-state index contributed by atoms with van der Waals surface area (Å²) in [6.45, 7) is 1.38. The van der Waals surface area contributed by atoms with E-state index in [2.05, 4.69) is 5.32 Å². The van der Waals surface area contributed by atoms with Gasteiger partial charge in [0.1, 0.15) is 0 Å². The van der Waals surface area contributed by atoms with Crippen molar-refractivity contribution in [3.05, 3.63) is 64.7 Å². The predicted octanol–water partition coefficient (Wildman–Crippen LogP) is 4.39. The Kier molecular flexibility index (Phi) is 6.85. The Morgan fingerprint density at radius 1 is 1.11 bits per heavy atom. The third kappa shape index (κ3) is 6.60. The Labute approximate surface area is 159 Å². The van der Waals surface area contributed by atoms with E-state index in [1.807, 2.05) is 12.1 Å². The van der Waals surface area contributed by atoms with Crippen LogP contribution in [0, 0.1) is 0 Å². The molecule has 0 spiro atoms. The van der Waals surface area contributed by atoms with Crippen molar-refractivity contribution in [3.63, 3.8) is 0 Å². The van der Waals surface area contributed by atoms with Gasteiger partial charge in [-0.05, 0) is 42.3 Å². The van der Waals surface area contributed by atoms with Gasteiger partial charge in [0.15, 0.2) is 0 Å². The lowest BCUT2D eigenvalue weighted by molar-refractivity contribution is -0.137. The largest absolute Gasteiger partial charge is 0.416 e. The molecule has 4 nitrogen and oxygen atoms in total. The highest BCUT2D eigenvalue weighted by Crippen LogP contribution is 2.30. The first-order valence-corrected chi connectivity index (χ1v) is 8.50. The van der Waals surface area contributed by atoms with Gasteiger partial charge in [0, 0.05) is 24.2 Å². The molecule has 2 aromatic carbocycles. The molecule has 2 amide bonds. The van der Waals surface area contributed by atoms with Gasteiger partial charge in [0.2, 0.25) is 11.8 Å². The minimum atomic E-state index is -4.50. The number of rotatable bonds is 6. The molecule has 27 heavy (non-hydrogen) atoms. The lowest BCUT2D eigenvalue weighted by atomic mass is 10.1. The second kappa shape index (κ2) is 8.90. The smallest absolute Gasteiger partial charge is 0.333 e. The molecule has 144 valence electrons. The van der Waals surface area contributed by atoms with Crippen molar-refractivity contribution in [3.8, 4) is 0 Å². The zero-order valence-electron chi connectivity index (χ0n) is 14.5. The van der Waals surface area contributed by atoms with Crippen molar-refractivity contribution in [1.29, 1.82) is 0 Å². The summed E-state index contributed by atoms with van der Waals surface area (Å²) in [6.07, 6.45) is -3.97. The van der Waals surface area contributed by atoms with Crippen molar-refractivity contribution in [2.45, 2.75) is 19.5 Å². The zero-order valence-corrected chi connectivity index (χ0v) is 15.3. The Balaban J connectivity index is 1.96. The molecule has 0 saturated carbocycles. The fraction of sp³-hybridized carbons (Fsp3) is 0.263.